The average molecular weight is 379 g/mol. The number of halogens is 2. The number of hydrogen-bond donors (Lipinski definition) is 1. The first-order chi connectivity index (χ1) is 13.0. The SMILES string of the molecule is CC(C1CCCCC1)N1CCCC1.CNC/C(C)=C/c1ccc(F)cc1F. The monoisotopic (exact) mass is 378 g/mol. The first-order valence-corrected chi connectivity index (χ1v) is 10.5. The van der Waals surface area contributed by atoms with E-state index >= 15 is 0 Å². The molecule has 1 atom stereocenters. The van der Waals surface area contributed by atoms with E-state index in [1.54, 1.807) is 6.08 Å². The Morgan fingerprint density at radius 2 is 1.81 bits per heavy atom. The highest BCUT2D eigenvalue weighted by Crippen LogP contribution is 2.30. The lowest BCUT2D eigenvalue weighted by Gasteiger charge is -2.34. The van der Waals surface area contributed by atoms with Gasteiger partial charge in [-0.3, -0.25) is 0 Å². The molecule has 3 rings (SSSR count). The predicted molar refractivity (Wildman–Crippen MR) is 111 cm³/mol. The van der Waals surface area contributed by atoms with E-state index in [1.807, 2.05) is 14.0 Å². The topological polar surface area (TPSA) is 15.3 Å². The molecule has 152 valence electrons. The van der Waals surface area contributed by atoms with Crippen LogP contribution in [0.1, 0.15) is 64.4 Å². The molecule has 2 aliphatic rings. The van der Waals surface area contributed by atoms with Gasteiger partial charge in [0.1, 0.15) is 11.6 Å². The van der Waals surface area contributed by atoms with Crippen LogP contribution in [0.2, 0.25) is 0 Å². The Labute approximate surface area is 164 Å². The van der Waals surface area contributed by atoms with Gasteiger partial charge in [-0.25, -0.2) is 8.78 Å². The van der Waals surface area contributed by atoms with Gasteiger partial charge >= 0.3 is 0 Å². The van der Waals surface area contributed by atoms with Crippen molar-refractivity contribution in [2.24, 2.45) is 5.92 Å². The van der Waals surface area contributed by atoms with E-state index in [9.17, 15) is 8.78 Å². The number of nitrogens with one attached hydrogen (secondary N) is 1. The molecule has 2 fully saturated rings. The Morgan fingerprint density at radius 3 is 2.41 bits per heavy atom. The first kappa shape index (κ1) is 22.0. The third-order valence-electron chi connectivity index (χ3n) is 5.87. The Hall–Kier alpha value is -1.26. The van der Waals surface area contributed by atoms with Crippen molar-refractivity contribution in [2.75, 3.05) is 26.7 Å². The predicted octanol–water partition coefficient (Wildman–Crippen LogP) is 5.64. The molecule has 1 aliphatic heterocycles. The highest BCUT2D eigenvalue weighted by atomic mass is 19.1. The molecule has 1 heterocycles. The van der Waals surface area contributed by atoms with E-state index in [2.05, 4.69) is 17.1 Å². The van der Waals surface area contributed by atoms with E-state index < -0.39 is 11.6 Å². The maximum Gasteiger partial charge on any atom is 0.133 e. The lowest BCUT2D eigenvalue weighted by Crippen LogP contribution is -2.37. The van der Waals surface area contributed by atoms with Crippen molar-refractivity contribution in [3.05, 3.63) is 41.0 Å². The molecular formula is C23H36F2N2. The van der Waals surface area contributed by atoms with Crippen LogP contribution in [0.4, 0.5) is 8.78 Å². The van der Waals surface area contributed by atoms with Gasteiger partial charge in [0.15, 0.2) is 0 Å². The van der Waals surface area contributed by atoms with Crippen LogP contribution >= 0.6 is 0 Å². The fourth-order valence-corrected chi connectivity index (χ4v) is 4.28. The number of benzene rings is 1. The number of nitrogens with zero attached hydrogens (tertiary/aromatic N) is 1. The van der Waals surface area contributed by atoms with Crippen LogP contribution in [-0.4, -0.2) is 37.6 Å². The summed E-state index contributed by atoms with van der Waals surface area (Å²) in [6.45, 7) is 7.78. The molecule has 27 heavy (non-hydrogen) atoms. The van der Waals surface area contributed by atoms with Crippen LogP contribution in [0, 0.1) is 17.6 Å². The zero-order valence-electron chi connectivity index (χ0n) is 17.2. The molecule has 4 heteroatoms. The lowest BCUT2D eigenvalue weighted by molar-refractivity contribution is 0.157. The molecule has 0 amide bonds. The highest BCUT2D eigenvalue weighted by Gasteiger charge is 2.26. The summed E-state index contributed by atoms with van der Waals surface area (Å²) in [6.07, 6.45) is 12.0. The molecule has 1 saturated carbocycles. The Morgan fingerprint density at radius 1 is 1.15 bits per heavy atom. The maximum atomic E-state index is 13.1. The standard InChI is InChI=1S/C12H23N.C11H13F2N/c1-11(13-9-5-6-10-13)12-7-3-2-4-8-12;1-8(7-14-2)5-9-3-4-10(12)6-11(9)13/h11-12H,2-10H2,1H3;3-6,14H,7H2,1-2H3/b;8-5+. The van der Waals surface area contributed by atoms with Crippen molar-refractivity contribution in [1.82, 2.24) is 10.2 Å². The van der Waals surface area contributed by atoms with E-state index in [-0.39, 0.29) is 0 Å². The second kappa shape index (κ2) is 11.6. The average Bonchev–Trinajstić information content (AvgIpc) is 3.20. The van der Waals surface area contributed by atoms with Crippen molar-refractivity contribution in [3.63, 3.8) is 0 Å². The summed E-state index contributed by atoms with van der Waals surface area (Å²) < 4.78 is 25.7. The summed E-state index contributed by atoms with van der Waals surface area (Å²) in [7, 11) is 1.82. The van der Waals surface area contributed by atoms with E-state index in [4.69, 9.17) is 0 Å². The summed E-state index contributed by atoms with van der Waals surface area (Å²) in [5.74, 6) is -0.0572. The second-order valence-corrected chi connectivity index (χ2v) is 8.07. The summed E-state index contributed by atoms with van der Waals surface area (Å²) >= 11 is 0. The molecule has 0 radical (unpaired) electrons. The smallest absolute Gasteiger partial charge is 0.133 e. The van der Waals surface area contributed by atoms with Crippen LogP contribution in [0.5, 0.6) is 0 Å². The van der Waals surface area contributed by atoms with Gasteiger partial charge in [-0.15, -0.1) is 0 Å². The summed E-state index contributed by atoms with van der Waals surface area (Å²) in [6, 6.07) is 4.45. The largest absolute Gasteiger partial charge is 0.316 e. The van der Waals surface area contributed by atoms with Gasteiger partial charge < -0.3 is 10.2 Å². The number of likely N-dealkylation sites (tertiary alicyclic amines) is 1. The van der Waals surface area contributed by atoms with Crippen LogP contribution < -0.4 is 5.32 Å². The summed E-state index contributed by atoms with van der Waals surface area (Å²) in [5, 5.41) is 2.95. The van der Waals surface area contributed by atoms with Gasteiger partial charge in [-0.1, -0.05) is 30.9 Å². The van der Waals surface area contributed by atoms with Gasteiger partial charge in [0.05, 0.1) is 0 Å². The van der Waals surface area contributed by atoms with Crippen LogP contribution in [0.25, 0.3) is 6.08 Å². The Bertz CT molecular complexity index is 588. The fourth-order valence-electron chi connectivity index (χ4n) is 4.28. The fraction of sp³-hybridized carbons (Fsp3) is 0.652. The minimum absolute atomic E-state index is 0.416. The van der Waals surface area contributed by atoms with E-state index in [0.717, 1.165) is 23.6 Å². The number of likely N-dealkylation sites (N-methyl/N-ethyl adjacent to an activating group) is 1. The summed E-state index contributed by atoms with van der Waals surface area (Å²) in [5.41, 5.74) is 1.41. The lowest BCUT2D eigenvalue weighted by atomic mass is 9.84. The van der Waals surface area contributed by atoms with Crippen molar-refractivity contribution in [2.45, 2.75) is 64.8 Å². The molecule has 1 aromatic rings. The third kappa shape index (κ3) is 7.34. The summed E-state index contributed by atoms with van der Waals surface area (Å²) in [4.78, 5) is 2.72. The van der Waals surface area contributed by atoms with E-state index in [1.165, 1.54) is 70.2 Å². The molecular weight excluding hydrogens is 342 g/mol. The van der Waals surface area contributed by atoms with E-state index in [0.29, 0.717) is 12.1 Å². The molecule has 1 unspecified atom stereocenters. The Kier molecular flexibility index (Phi) is 9.43. The van der Waals surface area contributed by atoms with Crippen LogP contribution in [0.3, 0.4) is 0 Å². The van der Waals surface area contributed by atoms with Crippen molar-refractivity contribution >= 4 is 6.08 Å². The molecule has 0 spiro atoms. The normalized spacial score (nSPS) is 20.3. The van der Waals surface area contributed by atoms with Gasteiger partial charge in [-0.2, -0.15) is 0 Å². The van der Waals surface area contributed by atoms with Crippen LogP contribution in [-0.2, 0) is 0 Å². The maximum absolute atomic E-state index is 13.1. The molecule has 0 bridgehead atoms. The molecule has 1 aromatic carbocycles. The van der Waals surface area contributed by atoms with Crippen molar-refractivity contribution < 1.29 is 8.78 Å². The Balaban J connectivity index is 0.000000194. The molecule has 1 aliphatic carbocycles. The van der Waals surface area contributed by atoms with Gasteiger partial charge in [-0.05, 0) is 77.7 Å². The zero-order valence-corrected chi connectivity index (χ0v) is 17.2. The molecule has 0 aromatic heterocycles. The van der Waals surface area contributed by atoms with Gasteiger partial charge in [0.25, 0.3) is 0 Å². The molecule has 1 saturated heterocycles. The van der Waals surface area contributed by atoms with Crippen molar-refractivity contribution in [1.29, 1.82) is 0 Å². The van der Waals surface area contributed by atoms with Gasteiger partial charge in [0.2, 0.25) is 0 Å². The zero-order chi connectivity index (χ0) is 19.6. The van der Waals surface area contributed by atoms with Crippen LogP contribution in [0.15, 0.2) is 23.8 Å². The minimum atomic E-state index is -0.550. The number of rotatable bonds is 5. The minimum Gasteiger partial charge on any atom is -0.316 e. The number of hydrogen-bond acceptors (Lipinski definition) is 2. The third-order valence-corrected chi connectivity index (χ3v) is 5.87. The molecule has 2 nitrogen and oxygen atoms in total. The van der Waals surface area contributed by atoms with Gasteiger partial charge in [0, 0.05) is 24.2 Å². The first-order valence-electron chi connectivity index (χ1n) is 10.5. The van der Waals surface area contributed by atoms with Crippen molar-refractivity contribution in [3.8, 4) is 0 Å². The second-order valence-electron chi connectivity index (χ2n) is 8.07. The molecule has 1 N–H and O–H groups in total. The highest BCUT2D eigenvalue weighted by molar-refractivity contribution is 5.53. The quantitative estimate of drug-likeness (QED) is 0.713.